The first-order valence-electron chi connectivity index (χ1n) is 5.63. The van der Waals surface area contributed by atoms with Crippen molar-refractivity contribution in [2.45, 2.75) is 25.7 Å². The Morgan fingerprint density at radius 1 is 1.53 bits per heavy atom. The average molecular weight is 230 g/mol. The van der Waals surface area contributed by atoms with Gasteiger partial charge in [0, 0.05) is 20.0 Å². The van der Waals surface area contributed by atoms with Crippen LogP contribution >= 0.6 is 12.6 Å². The lowest BCUT2D eigenvalue weighted by Crippen LogP contribution is -2.31. The van der Waals surface area contributed by atoms with Crippen LogP contribution in [0.5, 0.6) is 0 Å². The molecule has 1 saturated carbocycles. The summed E-state index contributed by atoms with van der Waals surface area (Å²) in [6, 6.07) is 0. The predicted molar refractivity (Wildman–Crippen MR) is 66.3 cm³/mol. The number of amides is 1. The number of thiol groups is 1. The van der Waals surface area contributed by atoms with Gasteiger partial charge in [0.1, 0.15) is 0 Å². The molecule has 1 amide bonds. The second-order valence-electron chi connectivity index (χ2n) is 4.61. The fourth-order valence-corrected chi connectivity index (χ4v) is 2.07. The molecule has 88 valence electrons. The second-order valence-corrected chi connectivity index (χ2v) is 4.92. The summed E-state index contributed by atoms with van der Waals surface area (Å²) in [6.45, 7) is 1.82. The maximum Gasteiger partial charge on any atom is 0.222 e. The predicted octanol–water partition coefficient (Wildman–Crippen LogP) is 1.15. The molecule has 4 heteroatoms. The normalized spacial score (nSPS) is 17.5. The lowest BCUT2D eigenvalue weighted by Gasteiger charge is -2.20. The van der Waals surface area contributed by atoms with Crippen LogP contribution in [0.4, 0.5) is 0 Å². The molecule has 0 heterocycles. The molecule has 0 aromatic rings. The minimum atomic E-state index is 0.247. The van der Waals surface area contributed by atoms with Crippen molar-refractivity contribution in [1.29, 1.82) is 0 Å². The highest BCUT2D eigenvalue weighted by Crippen LogP contribution is 2.49. The number of nitrogens with zero attached hydrogens (tertiary/aromatic N) is 1. The van der Waals surface area contributed by atoms with Crippen molar-refractivity contribution in [3.63, 3.8) is 0 Å². The van der Waals surface area contributed by atoms with Crippen molar-refractivity contribution in [3.8, 4) is 0 Å². The quantitative estimate of drug-likeness (QED) is 0.508. The molecule has 0 spiro atoms. The molecule has 0 saturated heterocycles. The number of hydrogen-bond donors (Lipinski definition) is 2. The Morgan fingerprint density at radius 3 is 2.67 bits per heavy atom. The van der Waals surface area contributed by atoms with Crippen molar-refractivity contribution in [2.24, 2.45) is 5.41 Å². The first-order valence-corrected chi connectivity index (χ1v) is 6.26. The summed E-state index contributed by atoms with van der Waals surface area (Å²) in [5.41, 5.74) is 0.247. The van der Waals surface area contributed by atoms with E-state index < -0.39 is 0 Å². The van der Waals surface area contributed by atoms with Crippen LogP contribution in [-0.4, -0.2) is 43.7 Å². The Hall–Kier alpha value is -0.220. The molecule has 1 aliphatic rings. The fraction of sp³-hybridized carbons (Fsp3) is 0.909. The molecule has 0 aromatic heterocycles. The molecule has 3 nitrogen and oxygen atoms in total. The standard InChI is InChI=1S/C11H22N2OS/c1-12-6-3-7-13(2)10(14)8-11(9-15)4-5-11/h12,15H,3-9H2,1-2H3. The first kappa shape index (κ1) is 12.8. The molecule has 0 atom stereocenters. The summed E-state index contributed by atoms with van der Waals surface area (Å²) < 4.78 is 0. The molecule has 0 unspecified atom stereocenters. The highest BCUT2D eigenvalue weighted by atomic mass is 32.1. The third-order valence-electron chi connectivity index (χ3n) is 3.16. The Kier molecular flexibility index (Phi) is 4.93. The third kappa shape index (κ3) is 4.03. The third-order valence-corrected chi connectivity index (χ3v) is 3.84. The minimum absolute atomic E-state index is 0.247. The summed E-state index contributed by atoms with van der Waals surface area (Å²) in [7, 11) is 3.83. The van der Waals surface area contributed by atoms with E-state index in [1.807, 2.05) is 19.0 Å². The van der Waals surface area contributed by atoms with Gasteiger partial charge < -0.3 is 10.2 Å². The van der Waals surface area contributed by atoms with Gasteiger partial charge >= 0.3 is 0 Å². The molecule has 0 aromatic carbocycles. The molecule has 0 radical (unpaired) electrons. The van der Waals surface area contributed by atoms with E-state index in [0.29, 0.717) is 6.42 Å². The topological polar surface area (TPSA) is 32.3 Å². The summed E-state index contributed by atoms with van der Waals surface area (Å²) >= 11 is 4.31. The lowest BCUT2D eigenvalue weighted by atomic mass is 10.0. The van der Waals surface area contributed by atoms with Gasteiger partial charge in [-0.05, 0) is 44.0 Å². The van der Waals surface area contributed by atoms with E-state index >= 15 is 0 Å². The summed E-state index contributed by atoms with van der Waals surface area (Å²) in [5.74, 6) is 1.13. The van der Waals surface area contributed by atoms with Crippen LogP contribution in [0, 0.1) is 5.41 Å². The zero-order valence-corrected chi connectivity index (χ0v) is 10.6. The molecule has 0 bridgehead atoms. The van der Waals surface area contributed by atoms with Crippen molar-refractivity contribution in [3.05, 3.63) is 0 Å². The van der Waals surface area contributed by atoms with Crippen molar-refractivity contribution >= 4 is 18.5 Å². The van der Waals surface area contributed by atoms with Crippen LogP contribution < -0.4 is 5.32 Å². The van der Waals surface area contributed by atoms with Gasteiger partial charge in [0.2, 0.25) is 5.91 Å². The SMILES string of the molecule is CNCCCN(C)C(=O)CC1(CS)CC1. The minimum Gasteiger partial charge on any atom is -0.346 e. The molecule has 1 N–H and O–H groups in total. The molecular weight excluding hydrogens is 208 g/mol. The molecule has 1 rings (SSSR count). The van der Waals surface area contributed by atoms with Crippen LogP contribution in [0.2, 0.25) is 0 Å². The molecular formula is C11H22N2OS. The van der Waals surface area contributed by atoms with Crippen LogP contribution in [0.3, 0.4) is 0 Å². The van der Waals surface area contributed by atoms with E-state index in [9.17, 15) is 4.79 Å². The van der Waals surface area contributed by atoms with E-state index in [2.05, 4.69) is 17.9 Å². The molecule has 1 aliphatic carbocycles. The lowest BCUT2D eigenvalue weighted by molar-refractivity contribution is -0.131. The number of rotatable bonds is 7. The van der Waals surface area contributed by atoms with Crippen LogP contribution in [0.1, 0.15) is 25.7 Å². The van der Waals surface area contributed by atoms with Crippen molar-refractivity contribution < 1.29 is 4.79 Å². The Bertz CT molecular complexity index is 217. The number of carbonyl (C=O) groups excluding carboxylic acids is 1. The zero-order chi connectivity index (χ0) is 11.3. The average Bonchev–Trinajstić information content (AvgIpc) is 2.98. The molecule has 0 aliphatic heterocycles. The van der Waals surface area contributed by atoms with Gasteiger partial charge in [-0.1, -0.05) is 0 Å². The van der Waals surface area contributed by atoms with Gasteiger partial charge in [0.05, 0.1) is 0 Å². The Labute approximate surface area is 98.0 Å². The first-order chi connectivity index (χ1) is 7.13. The second kappa shape index (κ2) is 5.75. The van der Waals surface area contributed by atoms with E-state index in [-0.39, 0.29) is 11.3 Å². The molecule has 1 fully saturated rings. The summed E-state index contributed by atoms with van der Waals surface area (Å²) in [5, 5.41) is 3.08. The smallest absolute Gasteiger partial charge is 0.222 e. The largest absolute Gasteiger partial charge is 0.346 e. The van der Waals surface area contributed by atoms with E-state index in [4.69, 9.17) is 0 Å². The van der Waals surface area contributed by atoms with Gasteiger partial charge in [-0.25, -0.2) is 0 Å². The van der Waals surface area contributed by atoms with E-state index in [1.54, 1.807) is 0 Å². The van der Waals surface area contributed by atoms with E-state index in [0.717, 1.165) is 25.3 Å². The molecule has 15 heavy (non-hydrogen) atoms. The highest BCUT2D eigenvalue weighted by Gasteiger charge is 2.43. The number of carbonyl (C=O) groups is 1. The number of hydrogen-bond acceptors (Lipinski definition) is 3. The van der Waals surface area contributed by atoms with Gasteiger partial charge in [0.25, 0.3) is 0 Å². The monoisotopic (exact) mass is 230 g/mol. The number of nitrogens with one attached hydrogen (secondary N) is 1. The maximum absolute atomic E-state index is 11.8. The van der Waals surface area contributed by atoms with Crippen LogP contribution in [0.25, 0.3) is 0 Å². The Balaban J connectivity index is 2.21. The summed E-state index contributed by atoms with van der Waals surface area (Å²) in [4.78, 5) is 13.7. The van der Waals surface area contributed by atoms with Crippen LogP contribution in [-0.2, 0) is 4.79 Å². The van der Waals surface area contributed by atoms with Gasteiger partial charge in [-0.15, -0.1) is 0 Å². The van der Waals surface area contributed by atoms with Gasteiger partial charge in [-0.2, -0.15) is 12.6 Å². The van der Waals surface area contributed by atoms with Gasteiger partial charge in [0.15, 0.2) is 0 Å². The van der Waals surface area contributed by atoms with Crippen LogP contribution in [0.15, 0.2) is 0 Å². The maximum atomic E-state index is 11.8. The highest BCUT2D eigenvalue weighted by molar-refractivity contribution is 7.80. The van der Waals surface area contributed by atoms with E-state index in [1.165, 1.54) is 12.8 Å². The van der Waals surface area contributed by atoms with Crippen molar-refractivity contribution in [2.75, 3.05) is 32.9 Å². The van der Waals surface area contributed by atoms with Crippen molar-refractivity contribution in [1.82, 2.24) is 10.2 Å². The Morgan fingerprint density at radius 2 is 2.20 bits per heavy atom. The fourth-order valence-electron chi connectivity index (χ4n) is 1.64. The van der Waals surface area contributed by atoms with Gasteiger partial charge in [-0.3, -0.25) is 4.79 Å². The zero-order valence-electron chi connectivity index (χ0n) is 9.75. The summed E-state index contributed by atoms with van der Waals surface area (Å²) in [6.07, 6.45) is 4.05.